The standard InChI is InChI=1S/C17H11ClFNO/c18-14-9-11(6-7-15(14)19)10-17(21)13-3-1-5-16-12(13)4-2-8-20-16/h1-9H,10H2. The summed E-state index contributed by atoms with van der Waals surface area (Å²) in [6.45, 7) is 0. The SMILES string of the molecule is O=C(Cc1ccc(F)c(Cl)c1)c1cccc2ncccc12. The van der Waals surface area contributed by atoms with Crippen LogP contribution >= 0.6 is 11.6 Å². The van der Waals surface area contributed by atoms with Crippen LogP contribution in [0.25, 0.3) is 10.9 Å². The number of nitrogens with zero attached hydrogens (tertiary/aromatic N) is 1. The second-order valence-corrected chi connectivity index (χ2v) is 5.13. The summed E-state index contributed by atoms with van der Waals surface area (Å²) in [4.78, 5) is 16.7. The number of halogens is 2. The molecule has 104 valence electrons. The van der Waals surface area contributed by atoms with Crippen LogP contribution in [0.1, 0.15) is 15.9 Å². The molecule has 0 bridgehead atoms. The van der Waals surface area contributed by atoms with E-state index in [0.717, 1.165) is 10.9 Å². The van der Waals surface area contributed by atoms with Gasteiger partial charge in [-0.15, -0.1) is 0 Å². The van der Waals surface area contributed by atoms with E-state index in [4.69, 9.17) is 11.6 Å². The molecule has 0 N–H and O–H groups in total. The van der Waals surface area contributed by atoms with E-state index in [-0.39, 0.29) is 17.2 Å². The molecule has 0 aliphatic rings. The number of ketones is 1. The van der Waals surface area contributed by atoms with Crippen LogP contribution in [0.4, 0.5) is 4.39 Å². The number of Topliss-reactive ketones (excluding diaryl/α,β-unsaturated/α-hetero) is 1. The van der Waals surface area contributed by atoms with Gasteiger partial charge in [-0.3, -0.25) is 9.78 Å². The Kier molecular flexibility index (Phi) is 3.67. The van der Waals surface area contributed by atoms with Crippen molar-refractivity contribution in [2.24, 2.45) is 0 Å². The molecule has 0 atom stereocenters. The Morgan fingerprint density at radius 2 is 2.00 bits per heavy atom. The quantitative estimate of drug-likeness (QED) is 0.669. The molecule has 1 aromatic heterocycles. The van der Waals surface area contributed by atoms with Crippen LogP contribution in [0.2, 0.25) is 5.02 Å². The normalized spacial score (nSPS) is 10.8. The van der Waals surface area contributed by atoms with E-state index >= 15 is 0 Å². The van der Waals surface area contributed by atoms with Crippen molar-refractivity contribution in [1.29, 1.82) is 0 Å². The largest absolute Gasteiger partial charge is 0.294 e. The van der Waals surface area contributed by atoms with E-state index in [0.29, 0.717) is 11.1 Å². The first kappa shape index (κ1) is 13.7. The van der Waals surface area contributed by atoms with Crippen molar-refractivity contribution in [1.82, 2.24) is 4.98 Å². The Morgan fingerprint density at radius 1 is 1.14 bits per heavy atom. The molecule has 3 rings (SSSR count). The predicted octanol–water partition coefficient (Wildman–Crippen LogP) is 4.45. The van der Waals surface area contributed by atoms with E-state index in [1.54, 1.807) is 30.5 Å². The summed E-state index contributed by atoms with van der Waals surface area (Å²) in [6, 6.07) is 13.4. The maximum Gasteiger partial charge on any atom is 0.167 e. The molecule has 0 fully saturated rings. The van der Waals surface area contributed by atoms with Gasteiger partial charge >= 0.3 is 0 Å². The summed E-state index contributed by atoms with van der Waals surface area (Å²) in [7, 11) is 0. The molecule has 0 aliphatic heterocycles. The van der Waals surface area contributed by atoms with Gasteiger partial charge in [0, 0.05) is 23.6 Å². The molecule has 3 aromatic rings. The lowest BCUT2D eigenvalue weighted by Gasteiger charge is -2.06. The number of carbonyl (C=O) groups is 1. The van der Waals surface area contributed by atoms with Gasteiger partial charge in [-0.2, -0.15) is 0 Å². The lowest BCUT2D eigenvalue weighted by Crippen LogP contribution is -2.04. The third kappa shape index (κ3) is 2.78. The molecule has 21 heavy (non-hydrogen) atoms. The Labute approximate surface area is 126 Å². The van der Waals surface area contributed by atoms with Gasteiger partial charge in [0.05, 0.1) is 10.5 Å². The van der Waals surface area contributed by atoms with E-state index in [2.05, 4.69) is 4.98 Å². The van der Waals surface area contributed by atoms with Crippen molar-refractivity contribution in [2.75, 3.05) is 0 Å². The third-order valence-corrected chi connectivity index (χ3v) is 3.58. The van der Waals surface area contributed by atoms with Crippen molar-refractivity contribution in [2.45, 2.75) is 6.42 Å². The Morgan fingerprint density at radius 3 is 2.81 bits per heavy atom. The first-order valence-electron chi connectivity index (χ1n) is 6.46. The highest BCUT2D eigenvalue weighted by molar-refractivity contribution is 6.30. The van der Waals surface area contributed by atoms with E-state index in [1.165, 1.54) is 12.1 Å². The molecule has 0 spiro atoms. The van der Waals surface area contributed by atoms with Gasteiger partial charge in [0.15, 0.2) is 5.78 Å². The van der Waals surface area contributed by atoms with Gasteiger partial charge in [-0.1, -0.05) is 35.9 Å². The molecule has 0 saturated heterocycles. The monoisotopic (exact) mass is 299 g/mol. The highest BCUT2D eigenvalue weighted by Gasteiger charge is 2.12. The minimum atomic E-state index is -0.484. The smallest absolute Gasteiger partial charge is 0.167 e. The van der Waals surface area contributed by atoms with Crippen molar-refractivity contribution >= 4 is 28.3 Å². The molecule has 0 amide bonds. The number of pyridine rings is 1. The predicted molar refractivity (Wildman–Crippen MR) is 81.2 cm³/mol. The Bertz CT molecular complexity index is 827. The van der Waals surface area contributed by atoms with E-state index in [9.17, 15) is 9.18 Å². The van der Waals surface area contributed by atoms with Crippen LogP contribution in [-0.4, -0.2) is 10.8 Å². The second-order valence-electron chi connectivity index (χ2n) is 4.72. The van der Waals surface area contributed by atoms with Crippen LogP contribution in [0.5, 0.6) is 0 Å². The molecule has 2 aromatic carbocycles. The first-order chi connectivity index (χ1) is 10.1. The fraction of sp³-hybridized carbons (Fsp3) is 0.0588. The summed E-state index contributed by atoms with van der Waals surface area (Å²) in [5.74, 6) is -0.529. The van der Waals surface area contributed by atoms with E-state index in [1.807, 2.05) is 12.1 Å². The summed E-state index contributed by atoms with van der Waals surface area (Å²) < 4.78 is 13.1. The fourth-order valence-corrected chi connectivity index (χ4v) is 2.48. The van der Waals surface area contributed by atoms with Crippen molar-refractivity contribution in [3.8, 4) is 0 Å². The molecule has 1 heterocycles. The number of aromatic nitrogens is 1. The van der Waals surface area contributed by atoms with Gasteiger partial charge in [0.2, 0.25) is 0 Å². The van der Waals surface area contributed by atoms with Crippen molar-refractivity contribution in [3.63, 3.8) is 0 Å². The Balaban J connectivity index is 1.95. The molecule has 0 radical (unpaired) electrons. The third-order valence-electron chi connectivity index (χ3n) is 3.29. The summed E-state index contributed by atoms with van der Waals surface area (Å²) in [5, 5.41) is 0.845. The summed E-state index contributed by atoms with van der Waals surface area (Å²) in [5.41, 5.74) is 2.08. The van der Waals surface area contributed by atoms with Crippen LogP contribution in [0.15, 0.2) is 54.7 Å². The highest BCUT2D eigenvalue weighted by Crippen LogP contribution is 2.21. The minimum absolute atomic E-state index is 0.0277. The number of rotatable bonds is 3. The van der Waals surface area contributed by atoms with Crippen LogP contribution in [0, 0.1) is 5.82 Å². The van der Waals surface area contributed by atoms with Crippen LogP contribution in [0.3, 0.4) is 0 Å². The molecule has 4 heteroatoms. The molecule has 0 aliphatic carbocycles. The average Bonchev–Trinajstić information content (AvgIpc) is 2.50. The second kappa shape index (κ2) is 5.62. The molecular weight excluding hydrogens is 289 g/mol. The number of benzene rings is 2. The lowest BCUT2D eigenvalue weighted by atomic mass is 9.99. The zero-order chi connectivity index (χ0) is 14.8. The zero-order valence-electron chi connectivity index (χ0n) is 11.0. The van der Waals surface area contributed by atoms with Gasteiger partial charge in [0.1, 0.15) is 5.82 Å². The summed E-state index contributed by atoms with van der Waals surface area (Å²) >= 11 is 5.74. The summed E-state index contributed by atoms with van der Waals surface area (Å²) in [6.07, 6.45) is 1.87. The molecule has 0 unspecified atom stereocenters. The molecular formula is C17H11ClFNO. The first-order valence-corrected chi connectivity index (χ1v) is 6.84. The van der Waals surface area contributed by atoms with Gasteiger partial charge in [-0.25, -0.2) is 4.39 Å². The number of hydrogen-bond acceptors (Lipinski definition) is 2. The van der Waals surface area contributed by atoms with E-state index < -0.39 is 5.82 Å². The van der Waals surface area contributed by atoms with Gasteiger partial charge in [0.25, 0.3) is 0 Å². The van der Waals surface area contributed by atoms with Gasteiger partial charge in [-0.05, 0) is 29.8 Å². The molecule has 0 saturated carbocycles. The highest BCUT2D eigenvalue weighted by atomic mass is 35.5. The maximum absolute atomic E-state index is 13.1. The topological polar surface area (TPSA) is 30.0 Å². The molecule has 2 nitrogen and oxygen atoms in total. The number of carbonyl (C=O) groups excluding carboxylic acids is 1. The Hall–Kier alpha value is -2.26. The number of hydrogen-bond donors (Lipinski definition) is 0. The van der Waals surface area contributed by atoms with Crippen molar-refractivity contribution in [3.05, 3.63) is 76.7 Å². The fourth-order valence-electron chi connectivity index (χ4n) is 2.28. The van der Waals surface area contributed by atoms with Crippen molar-refractivity contribution < 1.29 is 9.18 Å². The average molecular weight is 300 g/mol. The van der Waals surface area contributed by atoms with Crippen LogP contribution < -0.4 is 0 Å². The minimum Gasteiger partial charge on any atom is -0.294 e. The zero-order valence-corrected chi connectivity index (χ0v) is 11.8. The lowest BCUT2D eigenvalue weighted by molar-refractivity contribution is 0.0994. The number of fused-ring (bicyclic) bond motifs is 1. The van der Waals surface area contributed by atoms with Crippen LogP contribution in [-0.2, 0) is 6.42 Å². The van der Waals surface area contributed by atoms with Gasteiger partial charge < -0.3 is 0 Å². The maximum atomic E-state index is 13.1.